The van der Waals surface area contributed by atoms with Crippen LogP contribution in [0.4, 0.5) is 5.69 Å². The Morgan fingerprint density at radius 2 is 2.19 bits per heavy atom. The quantitative estimate of drug-likeness (QED) is 0.879. The summed E-state index contributed by atoms with van der Waals surface area (Å²) in [5.74, 6) is -0.737. The van der Waals surface area contributed by atoms with E-state index in [2.05, 4.69) is 10.3 Å². The molecule has 0 radical (unpaired) electrons. The molecule has 0 aliphatic carbocycles. The summed E-state index contributed by atoms with van der Waals surface area (Å²) >= 11 is 1.54. The molecule has 1 aromatic rings. The SMILES string of the molecule is NC(=O)c1ccccc1NC(=O)CC1=CSC2=NCCN12. The number of hydrogen-bond donors (Lipinski definition) is 2. The second-order valence-electron chi connectivity index (χ2n) is 4.68. The van der Waals surface area contributed by atoms with E-state index in [-0.39, 0.29) is 12.3 Å². The number of benzene rings is 1. The van der Waals surface area contributed by atoms with Crippen molar-refractivity contribution in [2.24, 2.45) is 10.7 Å². The number of nitrogens with two attached hydrogens (primary N) is 1. The molecule has 0 spiro atoms. The van der Waals surface area contributed by atoms with Gasteiger partial charge in [-0.2, -0.15) is 0 Å². The summed E-state index contributed by atoms with van der Waals surface area (Å²) in [6, 6.07) is 6.71. The lowest BCUT2D eigenvalue weighted by Crippen LogP contribution is -2.25. The molecule has 6 nitrogen and oxygen atoms in total. The first-order valence-corrected chi connectivity index (χ1v) is 7.39. The smallest absolute Gasteiger partial charge is 0.250 e. The molecule has 2 aliphatic rings. The molecule has 0 atom stereocenters. The van der Waals surface area contributed by atoms with Gasteiger partial charge in [-0.25, -0.2) is 0 Å². The Morgan fingerprint density at radius 1 is 1.38 bits per heavy atom. The second kappa shape index (κ2) is 5.61. The number of rotatable bonds is 4. The van der Waals surface area contributed by atoms with E-state index in [1.807, 2.05) is 10.3 Å². The Morgan fingerprint density at radius 3 is 3.00 bits per heavy atom. The molecule has 108 valence electrons. The van der Waals surface area contributed by atoms with Gasteiger partial charge in [-0.1, -0.05) is 23.9 Å². The third-order valence-corrected chi connectivity index (χ3v) is 4.21. The summed E-state index contributed by atoms with van der Waals surface area (Å²) < 4.78 is 0. The number of para-hydroxylation sites is 1. The maximum Gasteiger partial charge on any atom is 0.250 e. The van der Waals surface area contributed by atoms with Crippen molar-refractivity contribution >= 4 is 34.4 Å². The number of primary amides is 1. The van der Waals surface area contributed by atoms with E-state index < -0.39 is 5.91 Å². The van der Waals surface area contributed by atoms with Gasteiger partial charge in [-0.15, -0.1) is 0 Å². The molecule has 2 aliphatic heterocycles. The van der Waals surface area contributed by atoms with E-state index in [4.69, 9.17) is 5.73 Å². The minimum absolute atomic E-state index is 0.177. The number of amidine groups is 1. The molecular weight excluding hydrogens is 288 g/mol. The molecule has 7 heteroatoms. The van der Waals surface area contributed by atoms with Crippen molar-refractivity contribution in [1.82, 2.24) is 4.90 Å². The molecule has 0 fully saturated rings. The lowest BCUT2D eigenvalue weighted by molar-refractivity contribution is -0.115. The highest BCUT2D eigenvalue weighted by Gasteiger charge is 2.27. The van der Waals surface area contributed by atoms with Crippen molar-refractivity contribution in [3.8, 4) is 0 Å². The molecule has 0 aromatic heterocycles. The normalized spacial score (nSPS) is 16.3. The van der Waals surface area contributed by atoms with Crippen LogP contribution >= 0.6 is 11.8 Å². The lowest BCUT2D eigenvalue weighted by atomic mass is 10.1. The zero-order chi connectivity index (χ0) is 14.8. The van der Waals surface area contributed by atoms with Gasteiger partial charge in [0.2, 0.25) is 5.91 Å². The van der Waals surface area contributed by atoms with Gasteiger partial charge in [0, 0.05) is 12.2 Å². The highest BCUT2D eigenvalue weighted by molar-refractivity contribution is 8.16. The van der Waals surface area contributed by atoms with Gasteiger partial charge in [-0.05, 0) is 17.5 Å². The van der Waals surface area contributed by atoms with Crippen LogP contribution in [0.25, 0.3) is 0 Å². The summed E-state index contributed by atoms with van der Waals surface area (Å²) in [7, 11) is 0. The van der Waals surface area contributed by atoms with Crippen molar-refractivity contribution in [2.75, 3.05) is 18.4 Å². The summed E-state index contributed by atoms with van der Waals surface area (Å²) in [6.07, 6.45) is 0.249. The number of aliphatic imine (C=N–C) groups is 1. The summed E-state index contributed by atoms with van der Waals surface area (Å²) in [4.78, 5) is 29.9. The van der Waals surface area contributed by atoms with Crippen LogP contribution in [0.5, 0.6) is 0 Å². The topological polar surface area (TPSA) is 87.8 Å². The van der Waals surface area contributed by atoms with Gasteiger partial charge >= 0.3 is 0 Å². The van der Waals surface area contributed by atoms with Crippen LogP contribution in [0.15, 0.2) is 40.4 Å². The Bertz CT molecular complexity index is 669. The van der Waals surface area contributed by atoms with E-state index in [0.29, 0.717) is 11.3 Å². The largest absolute Gasteiger partial charge is 0.366 e. The van der Waals surface area contributed by atoms with E-state index in [1.165, 1.54) is 11.8 Å². The molecule has 3 N–H and O–H groups in total. The van der Waals surface area contributed by atoms with Crippen molar-refractivity contribution in [3.05, 3.63) is 40.9 Å². The first kappa shape index (κ1) is 13.7. The minimum Gasteiger partial charge on any atom is -0.366 e. The van der Waals surface area contributed by atoms with Crippen LogP contribution in [0.2, 0.25) is 0 Å². The molecule has 2 heterocycles. The Hall–Kier alpha value is -2.28. The van der Waals surface area contributed by atoms with Crippen LogP contribution in [0.1, 0.15) is 16.8 Å². The van der Waals surface area contributed by atoms with Crippen molar-refractivity contribution < 1.29 is 9.59 Å². The minimum atomic E-state index is -0.560. The van der Waals surface area contributed by atoms with Gasteiger partial charge in [0.15, 0.2) is 5.17 Å². The van der Waals surface area contributed by atoms with Gasteiger partial charge in [0.25, 0.3) is 5.91 Å². The van der Waals surface area contributed by atoms with Gasteiger partial charge in [0.1, 0.15) is 0 Å². The molecule has 21 heavy (non-hydrogen) atoms. The van der Waals surface area contributed by atoms with E-state index >= 15 is 0 Å². The van der Waals surface area contributed by atoms with Gasteiger partial charge < -0.3 is 16.0 Å². The van der Waals surface area contributed by atoms with Crippen LogP contribution in [-0.4, -0.2) is 35.0 Å². The number of carbonyl (C=O) groups excluding carboxylic acids is 2. The maximum atomic E-state index is 12.2. The average molecular weight is 302 g/mol. The molecule has 0 bridgehead atoms. The van der Waals surface area contributed by atoms with Crippen molar-refractivity contribution in [2.45, 2.75) is 6.42 Å². The first-order chi connectivity index (χ1) is 10.1. The number of fused-ring (bicyclic) bond motifs is 1. The third kappa shape index (κ3) is 2.78. The molecule has 1 aromatic carbocycles. The monoisotopic (exact) mass is 302 g/mol. The fourth-order valence-electron chi connectivity index (χ4n) is 2.28. The number of amides is 2. The summed E-state index contributed by atoms with van der Waals surface area (Å²) in [5, 5.41) is 5.64. The van der Waals surface area contributed by atoms with Crippen LogP contribution < -0.4 is 11.1 Å². The molecule has 0 unspecified atom stereocenters. The van der Waals surface area contributed by atoms with E-state index in [1.54, 1.807) is 24.3 Å². The molecule has 2 amide bonds. The predicted octanol–water partition coefficient (Wildman–Crippen LogP) is 1.37. The number of carbonyl (C=O) groups is 2. The van der Waals surface area contributed by atoms with E-state index in [9.17, 15) is 9.59 Å². The average Bonchev–Trinajstić information content (AvgIpc) is 3.04. The molecule has 0 saturated carbocycles. The number of nitrogens with one attached hydrogen (secondary N) is 1. The van der Waals surface area contributed by atoms with Crippen LogP contribution in [0.3, 0.4) is 0 Å². The van der Waals surface area contributed by atoms with E-state index in [0.717, 1.165) is 24.0 Å². The van der Waals surface area contributed by atoms with Crippen molar-refractivity contribution in [1.29, 1.82) is 0 Å². The highest BCUT2D eigenvalue weighted by Crippen LogP contribution is 2.31. The van der Waals surface area contributed by atoms with Gasteiger partial charge in [0.05, 0.1) is 24.2 Å². The fourth-order valence-corrected chi connectivity index (χ4v) is 3.23. The zero-order valence-corrected chi connectivity index (χ0v) is 12.0. The molecule has 0 saturated heterocycles. The third-order valence-electron chi connectivity index (χ3n) is 3.26. The predicted molar refractivity (Wildman–Crippen MR) is 82.9 cm³/mol. The van der Waals surface area contributed by atoms with Crippen molar-refractivity contribution in [3.63, 3.8) is 0 Å². The lowest BCUT2D eigenvalue weighted by Gasteiger charge is -2.16. The second-order valence-corrected chi connectivity index (χ2v) is 5.51. The van der Waals surface area contributed by atoms with Crippen LogP contribution in [-0.2, 0) is 4.79 Å². The van der Waals surface area contributed by atoms with Gasteiger partial charge in [-0.3, -0.25) is 14.6 Å². The summed E-state index contributed by atoms with van der Waals surface area (Å²) in [6.45, 7) is 1.59. The Balaban J connectivity index is 1.68. The summed E-state index contributed by atoms with van der Waals surface area (Å²) in [5.41, 5.74) is 6.98. The molecule has 3 rings (SSSR count). The Kier molecular flexibility index (Phi) is 3.66. The zero-order valence-electron chi connectivity index (χ0n) is 11.2. The number of thioether (sulfide) groups is 1. The number of hydrogen-bond acceptors (Lipinski definition) is 5. The molecular formula is C14H14N4O2S. The maximum absolute atomic E-state index is 12.2. The fraction of sp³-hybridized carbons (Fsp3) is 0.214. The number of nitrogens with zero attached hydrogens (tertiary/aromatic N) is 2. The number of anilines is 1. The highest BCUT2D eigenvalue weighted by atomic mass is 32.2. The first-order valence-electron chi connectivity index (χ1n) is 6.51. The Labute approximate surface area is 126 Å². The standard InChI is InChI=1S/C14H14N4O2S/c15-13(20)10-3-1-2-4-11(10)17-12(19)7-9-8-21-14-16-5-6-18(9)14/h1-4,8H,5-7H2,(H2,15,20)(H,17,19). The van der Waals surface area contributed by atoms with Crippen LogP contribution in [0, 0.1) is 0 Å².